The third-order valence-electron chi connectivity index (χ3n) is 3.83. The van der Waals surface area contributed by atoms with Gasteiger partial charge in [-0.2, -0.15) is 0 Å². The largest absolute Gasteiger partial charge is 0.370 e. The van der Waals surface area contributed by atoms with E-state index in [0.717, 1.165) is 50.7 Å². The number of hydrogen-bond donors (Lipinski definition) is 1. The highest BCUT2D eigenvalue weighted by Gasteiger charge is 2.23. The molecule has 1 saturated heterocycles. The van der Waals surface area contributed by atoms with Gasteiger partial charge in [-0.25, -0.2) is 13.8 Å². The zero-order valence-corrected chi connectivity index (χ0v) is 14.0. The molecule has 24 heavy (non-hydrogen) atoms. The highest BCUT2D eigenvalue weighted by atomic mass is 32.1. The summed E-state index contributed by atoms with van der Waals surface area (Å²) in [5.41, 5.74) is 0.851. The van der Waals surface area contributed by atoms with Gasteiger partial charge in [-0.15, -0.1) is 11.3 Å². The molecule has 8 heteroatoms. The highest BCUT2D eigenvalue weighted by molar-refractivity contribution is 7.14. The Labute approximate surface area is 142 Å². The molecule has 0 spiro atoms. The van der Waals surface area contributed by atoms with E-state index >= 15 is 0 Å². The maximum atomic E-state index is 14.1. The average Bonchev–Trinajstić information content (AvgIpc) is 2.98. The van der Waals surface area contributed by atoms with Crippen molar-refractivity contribution < 1.29 is 23.2 Å². The van der Waals surface area contributed by atoms with E-state index in [0.29, 0.717) is 5.13 Å². The molecule has 0 unspecified atom stereocenters. The van der Waals surface area contributed by atoms with Crippen LogP contribution in [0.5, 0.6) is 0 Å². The predicted octanol–water partition coefficient (Wildman–Crippen LogP) is 1.52. The van der Waals surface area contributed by atoms with E-state index in [2.05, 4.69) is 4.98 Å². The number of thiazole rings is 1. The minimum absolute atomic E-state index is 0.00326. The van der Waals surface area contributed by atoms with Gasteiger partial charge in [0.25, 0.3) is 0 Å². The summed E-state index contributed by atoms with van der Waals surface area (Å²) in [6, 6.07) is 3.14. The lowest BCUT2D eigenvalue weighted by molar-refractivity contribution is -0.921. The quantitative estimate of drug-likeness (QED) is 0.906. The molecule has 0 saturated carbocycles. The molecule has 0 bridgehead atoms. The van der Waals surface area contributed by atoms with E-state index in [4.69, 9.17) is 4.74 Å². The average molecular weight is 354 g/mol. The second-order valence-electron chi connectivity index (χ2n) is 5.61. The lowest BCUT2D eigenvalue weighted by Crippen LogP contribution is -3.12. The minimum atomic E-state index is -0.791. The first kappa shape index (κ1) is 16.9. The van der Waals surface area contributed by atoms with Crippen molar-refractivity contribution in [3.63, 3.8) is 0 Å². The Morgan fingerprint density at radius 2 is 2.12 bits per heavy atom. The van der Waals surface area contributed by atoms with Gasteiger partial charge in [-0.1, -0.05) is 0 Å². The Kier molecular flexibility index (Phi) is 5.17. The number of ether oxygens (including phenoxy) is 1. The summed E-state index contributed by atoms with van der Waals surface area (Å²) in [6.45, 7) is 5.35. The molecule has 128 valence electrons. The van der Waals surface area contributed by atoms with Crippen LogP contribution in [0.25, 0.3) is 0 Å². The molecule has 1 fully saturated rings. The van der Waals surface area contributed by atoms with Crippen molar-refractivity contribution in [1.82, 2.24) is 4.98 Å². The molecule has 0 atom stereocenters. The number of benzene rings is 1. The predicted molar refractivity (Wildman–Crippen MR) is 86.5 cm³/mol. The third kappa shape index (κ3) is 3.77. The van der Waals surface area contributed by atoms with Crippen molar-refractivity contribution in [1.29, 1.82) is 0 Å². The summed E-state index contributed by atoms with van der Waals surface area (Å²) in [5, 5.41) is 2.26. The number of rotatable bonds is 4. The summed E-state index contributed by atoms with van der Waals surface area (Å²) in [5.74, 6) is -1.85. The van der Waals surface area contributed by atoms with Gasteiger partial charge in [0.2, 0.25) is 5.91 Å². The standard InChI is InChI=1S/C16H17F2N3O2S/c1-11(22)21(15-3-2-12(17)8-14(15)18)16-19-13(10-24-16)9-20-4-6-23-7-5-20/h2-3,8,10H,4-7,9H2,1H3/p+1. The van der Waals surface area contributed by atoms with Crippen LogP contribution in [0.4, 0.5) is 19.6 Å². The van der Waals surface area contributed by atoms with Gasteiger partial charge in [0.1, 0.15) is 37.0 Å². The van der Waals surface area contributed by atoms with Crippen molar-refractivity contribution in [2.45, 2.75) is 13.5 Å². The Bertz CT molecular complexity index is 732. The van der Waals surface area contributed by atoms with Crippen LogP contribution in [0.15, 0.2) is 23.6 Å². The number of amides is 1. The van der Waals surface area contributed by atoms with Gasteiger partial charge in [-0.05, 0) is 12.1 Å². The molecule has 0 aliphatic carbocycles. The summed E-state index contributed by atoms with van der Waals surface area (Å²) >= 11 is 1.27. The molecular weight excluding hydrogens is 336 g/mol. The molecule has 1 aromatic heterocycles. The zero-order chi connectivity index (χ0) is 17.1. The maximum absolute atomic E-state index is 14.1. The second-order valence-corrected chi connectivity index (χ2v) is 6.45. The number of morpholine rings is 1. The topological polar surface area (TPSA) is 46.9 Å². The van der Waals surface area contributed by atoms with E-state index in [-0.39, 0.29) is 11.6 Å². The van der Waals surface area contributed by atoms with Crippen LogP contribution in [0.1, 0.15) is 12.6 Å². The molecule has 1 aliphatic heterocycles. The van der Waals surface area contributed by atoms with Crippen molar-refractivity contribution in [2.75, 3.05) is 31.2 Å². The number of nitrogens with one attached hydrogen (secondary N) is 1. The fourth-order valence-electron chi connectivity index (χ4n) is 2.64. The monoisotopic (exact) mass is 354 g/mol. The minimum Gasteiger partial charge on any atom is -0.370 e. The van der Waals surface area contributed by atoms with Crippen LogP contribution in [0.3, 0.4) is 0 Å². The van der Waals surface area contributed by atoms with Crippen molar-refractivity contribution in [2.24, 2.45) is 0 Å². The summed E-state index contributed by atoms with van der Waals surface area (Å²) in [7, 11) is 0. The van der Waals surface area contributed by atoms with Crippen LogP contribution >= 0.6 is 11.3 Å². The first-order valence-corrected chi connectivity index (χ1v) is 8.54. The Morgan fingerprint density at radius 3 is 2.79 bits per heavy atom. The molecule has 2 heterocycles. The zero-order valence-electron chi connectivity index (χ0n) is 13.2. The molecule has 1 amide bonds. The summed E-state index contributed by atoms with van der Waals surface area (Å²) in [6.07, 6.45) is 0. The van der Waals surface area contributed by atoms with E-state index < -0.39 is 11.6 Å². The van der Waals surface area contributed by atoms with Gasteiger partial charge in [-0.3, -0.25) is 9.69 Å². The van der Waals surface area contributed by atoms with Crippen molar-refractivity contribution in [3.05, 3.63) is 40.9 Å². The lowest BCUT2D eigenvalue weighted by atomic mass is 10.2. The van der Waals surface area contributed by atoms with E-state index in [9.17, 15) is 13.6 Å². The Hall–Kier alpha value is -1.90. The van der Waals surface area contributed by atoms with E-state index in [1.807, 2.05) is 5.38 Å². The van der Waals surface area contributed by atoms with Crippen LogP contribution < -0.4 is 9.80 Å². The lowest BCUT2D eigenvalue weighted by Gasteiger charge is -2.23. The van der Waals surface area contributed by atoms with Crippen LogP contribution in [-0.2, 0) is 16.1 Å². The van der Waals surface area contributed by atoms with E-state index in [1.165, 1.54) is 34.1 Å². The fraction of sp³-hybridized carbons (Fsp3) is 0.375. The van der Waals surface area contributed by atoms with Crippen molar-refractivity contribution in [3.8, 4) is 0 Å². The first-order valence-electron chi connectivity index (χ1n) is 7.66. The maximum Gasteiger partial charge on any atom is 0.230 e. The number of anilines is 2. The summed E-state index contributed by atoms with van der Waals surface area (Å²) < 4.78 is 32.5. The molecule has 3 rings (SSSR count). The molecule has 1 aliphatic rings. The van der Waals surface area contributed by atoms with Crippen LogP contribution in [-0.4, -0.2) is 37.2 Å². The molecular formula is C16H18F2N3O2S+. The number of quaternary nitrogens is 1. The Balaban J connectivity index is 1.83. The molecule has 2 aromatic rings. The number of nitrogens with zero attached hydrogens (tertiary/aromatic N) is 2. The number of aromatic nitrogens is 1. The molecule has 1 N–H and O–H groups in total. The summed E-state index contributed by atoms with van der Waals surface area (Å²) in [4.78, 5) is 19.0. The number of carbonyl (C=O) groups is 1. The highest BCUT2D eigenvalue weighted by Crippen LogP contribution is 2.31. The molecule has 0 radical (unpaired) electrons. The molecule has 1 aromatic carbocycles. The van der Waals surface area contributed by atoms with Gasteiger partial charge < -0.3 is 9.64 Å². The SMILES string of the molecule is CC(=O)N(c1nc(C[NH+]2CCOCC2)cs1)c1ccc(F)cc1F. The van der Waals surface area contributed by atoms with Crippen LogP contribution in [0.2, 0.25) is 0 Å². The normalized spacial score (nSPS) is 15.5. The van der Waals surface area contributed by atoms with Gasteiger partial charge in [0.15, 0.2) is 5.13 Å². The third-order valence-corrected chi connectivity index (χ3v) is 4.70. The van der Waals surface area contributed by atoms with Gasteiger partial charge >= 0.3 is 0 Å². The van der Waals surface area contributed by atoms with Gasteiger partial charge in [0.05, 0.1) is 18.9 Å². The second kappa shape index (κ2) is 7.33. The van der Waals surface area contributed by atoms with Gasteiger partial charge in [0, 0.05) is 18.4 Å². The van der Waals surface area contributed by atoms with Crippen LogP contribution in [0, 0.1) is 11.6 Å². The van der Waals surface area contributed by atoms with E-state index in [1.54, 1.807) is 0 Å². The first-order chi connectivity index (χ1) is 11.5. The number of carbonyl (C=O) groups excluding carboxylic acids is 1. The Morgan fingerprint density at radius 1 is 1.38 bits per heavy atom. The van der Waals surface area contributed by atoms with Crippen molar-refractivity contribution >= 4 is 28.1 Å². The molecule has 5 nitrogen and oxygen atoms in total. The number of halogens is 2. The fourth-order valence-corrected chi connectivity index (χ4v) is 3.52. The smallest absolute Gasteiger partial charge is 0.230 e. The number of hydrogen-bond acceptors (Lipinski definition) is 4.